The molecular formula is C3H8Cl2N2O. The zero-order valence-corrected chi connectivity index (χ0v) is 5.72. The number of nitrogens with one attached hydrogen (secondary N) is 1. The third-order valence-corrected chi connectivity index (χ3v) is 0.328. The molecule has 0 saturated carbocycles. The minimum Gasteiger partial charge on any atom is -0.291 e. The van der Waals surface area contributed by atoms with Crippen molar-refractivity contribution in [3.8, 4) is 0 Å². The predicted octanol–water partition coefficient (Wildman–Crippen LogP) is 0.00590. The molecule has 0 aliphatic heterocycles. The first-order chi connectivity index (χ1) is 2.81. The topological polar surface area (TPSA) is 55.1 Å². The van der Waals surface area contributed by atoms with E-state index in [0.29, 0.717) is 0 Å². The Hall–Kier alpha value is -0.250. The molecule has 5 heteroatoms. The molecule has 3 nitrogen and oxygen atoms in total. The van der Waals surface area contributed by atoms with Gasteiger partial charge in [0.2, 0.25) is 0 Å². The maximum atomic E-state index is 9.83. The highest BCUT2D eigenvalue weighted by Crippen LogP contribution is 1.54. The number of hydrazine groups is 1. The van der Waals surface area contributed by atoms with E-state index in [1.54, 1.807) is 0 Å². The highest BCUT2D eigenvalue weighted by atomic mass is 35.5. The number of nitrogens with two attached hydrogens (primary N) is 1. The van der Waals surface area contributed by atoms with Crippen molar-refractivity contribution in [2.75, 3.05) is 0 Å². The Balaban J connectivity index is -0.000000125. The number of amides is 1. The normalized spacial score (nSPS) is 5.12. The maximum absolute atomic E-state index is 9.83. The molecule has 0 radical (unpaired) electrons. The monoisotopic (exact) mass is 158 g/mol. The van der Waals surface area contributed by atoms with Crippen molar-refractivity contribution in [1.82, 2.24) is 5.43 Å². The second-order valence-electron chi connectivity index (χ2n) is 0.713. The van der Waals surface area contributed by atoms with Crippen LogP contribution in [0.4, 0.5) is 0 Å². The van der Waals surface area contributed by atoms with Crippen molar-refractivity contribution in [2.24, 2.45) is 5.84 Å². The van der Waals surface area contributed by atoms with E-state index in [-0.39, 0.29) is 30.7 Å². The van der Waals surface area contributed by atoms with Gasteiger partial charge in [-0.05, 0) is 6.08 Å². The van der Waals surface area contributed by atoms with Crippen LogP contribution in [-0.2, 0) is 4.79 Å². The predicted molar refractivity (Wildman–Crippen MR) is 37.0 cm³/mol. The van der Waals surface area contributed by atoms with Crippen LogP contribution in [-0.4, -0.2) is 5.91 Å². The summed E-state index contributed by atoms with van der Waals surface area (Å²) in [7, 11) is 0. The fourth-order valence-electron chi connectivity index (χ4n) is 0.0589. The third-order valence-electron chi connectivity index (χ3n) is 0.328. The van der Waals surface area contributed by atoms with Crippen LogP contribution in [0.3, 0.4) is 0 Å². The Morgan fingerprint density at radius 2 is 2.00 bits per heavy atom. The largest absolute Gasteiger partial charge is 0.291 e. The van der Waals surface area contributed by atoms with Crippen molar-refractivity contribution in [1.29, 1.82) is 0 Å². The summed E-state index contributed by atoms with van der Waals surface area (Å²) in [4.78, 5) is 9.83. The van der Waals surface area contributed by atoms with E-state index in [9.17, 15) is 4.79 Å². The average Bonchev–Trinajstić information content (AvgIpc) is 1.65. The zero-order valence-electron chi connectivity index (χ0n) is 4.09. The molecule has 0 aromatic rings. The molecule has 50 valence electrons. The van der Waals surface area contributed by atoms with Crippen molar-refractivity contribution in [3.63, 3.8) is 0 Å². The SMILES string of the molecule is C=CC(=O)NN.Cl.Cl. The van der Waals surface area contributed by atoms with Crippen LogP contribution in [0.25, 0.3) is 0 Å². The van der Waals surface area contributed by atoms with E-state index < -0.39 is 0 Å². The summed E-state index contributed by atoms with van der Waals surface area (Å²) in [5, 5.41) is 0. The summed E-state index contributed by atoms with van der Waals surface area (Å²) in [5.74, 6) is 4.25. The molecule has 0 fully saturated rings. The Kier molecular flexibility index (Phi) is 19.4. The van der Waals surface area contributed by atoms with Gasteiger partial charge in [0.25, 0.3) is 5.91 Å². The fraction of sp³-hybridized carbons (Fsp3) is 0. The Labute approximate surface area is 60.1 Å². The molecule has 3 N–H and O–H groups in total. The van der Waals surface area contributed by atoms with E-state index in [1.807, 2.05) is 5.43 Å². The highest BCUT2D eigenvalue weighted by molar-refractivity contribution is 5.86. The molecule has 0 saturated heterocycles. The Bertz CT molecular complexity index is 75.7. The molecule has 0 aliphatic carbocycles. The van der Waals surface area contributed by atoms with Crippen LogP contribution in [0.1, 0.15) is 0 Å². The van der Waals surface area contributed by atoms with Gasteiger partial charge in [0, 0.05) is 0 Å². The molecule has 8 heavy (non-hydrogen) atoms. The first-order valence-corrected chi connectivity index (χ1v) is 1.44. The lowest BCUT2D eigenvalue weighted by atomic mass is 10.6. The van der Waals surface area contributed by atoms with Gasteiger partial charge >= 0.3 is 0 Å². The fourth-order valence-corrected chi connectivity index (χ4v) is 0.0589. The maximum Gasteiger partial charge on any atom is 0.257 e. The standard InChI is InChI=1S/C3H6N2O.2ClH/c1-2-3(6)5-4;;/h2H,1,4H2,(H,5,6);2*1H. The van der Waals surface area contributed by atoms with Gasteiger partial charge in [-0.3, -0.25) is 10.2 Å². The van der Waals surface area contributed by atoms with Crippen LogP contribution >= 0.6 is 24.8 Å². The second-order valence-corrected chi connectivity index (χ2v) is 0.713. The summed E-state index contributed by atoms with van der Waals surface area (Å²) >= 11 is 0. The lowest BCUT2D eigenvalue weighted by Crippen LogP contribution is -2.27. The molecule has 0 heterocycles. The second kappa shape index (κ2) is 9.89. The number of hydrogen-bond donors (Lipinski definition) is 2. The Morgan fingerprint density at radius 1 is 1.62 bits per heavy atom. The summed E-state index contributed by atoms with van der Waals surface area (Å²) in [6.45, 7) is 3.14. The van der Waals surface area contributed by atoms with Crippen LogP contribution in [0.2, 0.25) is 0 Å². The minimum absolute atomic E-state index is 0. The van der Waals surface area contributed by atoms with Crippen molar-refractivity contribution >= 4 is 30.7 Å². The lowest BCUT2D eigenvalue weighted by Gasteiger charge is -1.82. The molecule has 1 amide bonds. The van der Waals surface area contributed by atoms with E-state index in [0.717, 1.165) is 6.08 Å². The van der Waals surface area contributed by atoms with Crippen LogP contribution < -0.4 is 11.3 Å². The van der Waals surface area contributed by atoms with Crippen LogP contribution in [0, 0.1) is 0 Å². The van der Waals surface area contributed by atoms with E-state index in [4.69, 9.17) is 0 Å². The average molecular weight is 159 g/mol. The third kappa shape index (κ3) is 9.23. The van der Waals surface area contributed by atoms with Gasteiger partial charge in [0.1, 0.15) is 0 Å². The van der Waals surface area contributed by atoms with Gasteiger partial charge < -0.3 is 0 Å². The van der Waals surface area contributed by atoms with E-state index in [2.05, 4.69) is 12.4 Å². The number of carbonyl (C=O) groups excluding carboxylic acids is 1. The first-order valence-electron chi connectivity index (χ1n) is 1.44. The summed E-state index contributed by atoms with van der Waals surface area (Å²) in [6, 6.07) is 0. The highest BCUT2D eigenvalue weighted by Gasteiger charge is 1.79. The number of carbonyl (C=O) groups is 1. The van der Waals surface area contributed by atoms with Gasteiger partial charge in [-0.2, -0.15) is 0 Å². The molecular weight excluding hydrogens is 151 g/mol. The van der Waals surface area contributed by atoms with Gasteiger partial charge in [-0.15, -0.1) is 24.8 Å². The van der Waals surface area contributed by atoms with E-state index in [1.165, 1.54) is 0 Å². The van der Waals surface area contributed by atoms with Gasteiger partial charge in [-0.25, -0.2) is 5.84 Å². The molecule has 0 aromatic carbocycles. The number of halogens is 2. The molecule has 0 spiro atoms. The number of rotatable bonds is 1. The summed E-state index contributed by atoms with van der Waals surface area (Å²) in [6.07, 6.45) is 1.10. The molecule has 0 atom stereocenters. The summed E-state index contributed by atoms with van der Waals surface area (Å²) < 4.78 is 0. The lowest BCUT2D eigenvalue weighted by molar-refractivity contribution is -0.116. The number of hydrogen-bond acceptors (Lipinski definition) is 2. The van der Waals surface area contributed by atoms with Gasteiger partial charge in [0.15, 0.2) is 0 Å². The molecule has 0 rings (SSSR count). The molecule has 0 bridgehead atoms. The molecule has 0 aliphatic rings. The van der Waals surface area contributed by atoms with Crippen molar-refractivity contribution in [2.45, 2.75) is 0 Å². The van der Waals surface area contributed by atoms with Crippen LogP contribution in [0.15, 0.2) is 12.7 Å². The van der Waals surface area contributed by atoms with Crippen molar-refractivity contribution < 1.29 is 4.79 Å². The first kappa shape index (κ1) is 15.7. The van der Waals surface area contributed by atoms with E-state index >= 15 is 0 Å². The van der Waals surface area contributed by atoms with Crippen LogP contribution in [0.5, 0.6) is 0 Å². The zero-order chi connectivity index (χ0) is 4.99. The minimum atomic E-state index is -0.366. The smallest absolute Gasteiger partial charge is 0.257 e. The summed E-state index contributed by atoms with van der Waals surface area (Å²) in [5.41, 5.74) is 1.86. The molecule has 0 unspecified atom stereocenters. The Morgan fingerprint density at radius 3 is 2.00 bits per heavy atom. The van der Waals surface area contributed by atoms with Gasteiger partial charge in [-0.1, -0.05) is 6.58 Å². The molecule has 0 aromatic heterocycles. The van der Waals surface area contributed by atoms with Crippen molar-refractivity contribution in [3.05, 3.63) is 12.7 Å². The quantitative estimate of drug-likeness (QED) is 0.245. The van der Waals surface area contributed by atoms with Gasteiger partial charge in [0.05, 0.1) is 0 Å².